The summed E-state index contributed by atoms with van der Waals surface area (Å²) in [6.45, 7) is 3.01. The molecular weight excluding hydrogens is 380 g/mol. The fourth-order valence-corrected chi connectivity index (χ4v) is 3.48. The Hall–Kier alpha value is -3.67. The fourth-order valence-electron chi connectivity index (χ4n) is 3.48. The minimum atomic E-state index is -0.164. The van der Waals surface area contributed by atoms with Gasteiger partial charge >= 0.3 is 0 Å². The Morgan fingerprint density at radius 1 is 0.967 bits per heavy atom. The minimum Gasteiger partial charge on any atom is -0.493 e. The molecule has 0 saturated carbocycles. The third-order valence-electron chi connectivity index (χ3n) is 5.12. The van der Waals surface area contributed by atoms with Crippen LogP contribution < -0.4 is 14.8 Å². The highest BCUT2D eigenvalue weighted by Gasteiger charge is 2.18. The fraction of sp³-hybridized carbons (Fsp3) is 0.208. The summed E-state index contributed by atoms with van der Waals surface area (Å²) in [6, 6.07) is 17.5. The lowest BCUT2D eigenvalue weighted by Crippen LogP contribution is -2.25. The number of amides is 1. The van der Waals surface area contributed by atoms with Gasteiger partial charge in [0.2, 0.25) is 0 Å². The van der Waals surface area contributed by atoms with E-state index in [4.69, 9.17) is 13.9 Å². The van der Waals surface area contributed by atoms with E-state index >= 15 is 0 Å². The maximum Gasteiger partial charge on any atom is 0.268 e. The first-order chi connectivity index (χ1) is 14.6. The lowest BCUT2D eigenvalue weighted by Gasteiger charge is -2.12. The number of nitrogens with zero attached hydrogens (tertiary/aromatic N) is 1. The van der Waals surface area contributed by atoms with Gasteiger partial charge in [0.25, 0.3) is 5.91 Å². The highest BCUT2D eigenvalue weighted by atomic mass is 16.5. The molecule has 0 aliphatic heterocycles. The second-order valence-electron chi connectivity index (χ2n) is 7.14. The van der Waals surface area contributed by atoms with Gasteiger partial charge in [-0.2, -0.15) is 0 Å². The summed E-state index contributed by atoms with van der Waals surface area (Å²) in [4.78, 5) is 13.0. The van der Waals surface area contributed by atoms with Gasteiger partial charge in [0.1, 0.15) is 5.69 Å². The van der Waals surface area contributed by atoms with Crippen LogP contribution in [0.1, 0.15) is 27.2 Å². The molecule has 2 aromatic carbocycles. The molecule has 0 spiro atoms. The number of hydrogen-bond acceptors (Lipinski definition) is 4. The summed E-state index contributed by atoms with van der Waals surface area (Å²) >= 11 is 0. The van der Waals surface area contributed by atoms with E-state index in [1.54, 1.807) is 26.5 Å². The van der Waals surface area contributed by atoms with Crippen molar-refractivity contribution in [3.8, 4) is 11.5 Å². The Morgan fingerprint density at radius 3 is 2.43 bits per heavy atom. The summed E-state index contributed by atoms with van der Waals surface area (Å²) in [5.41, 5.74) is 5.39. The smallest absolute Gasteiger partial charge is 0.268 e. The molecule has 0 unspecified atom stereocenters. The predicted octanol–water partition coefficient (Wildman–Crippen LogP) is 4.54. The van der Waals surface area contributed by atoms with Crippen molar-refractivity contribution in [2.24, 2.45) is 0 Å². The predicted molar refractivity (Wildman–Crippen MR) is 115 cm³/mol. The molecule has 0 fully saturated rings. The van der Waals surface area contributed by atoms with E-state index in [1.165, 1.54) is 5.56 Å². The van der Waals surface area contributed by atoms with Crippen molar-refractivity contribution >= 4 is 17.0 Å². The van der Waals surface area contributed by atoms with Gasteiger partial charge in [0.05, 0.1) is 26.0 Å². The van der Waals surface area contributed by atoms with Gasteiger partial charge in [-0.25, -0.2) is 0 Å². The van der Waals surface area contributed by atoms with Crippen LogP contribution in [0.25, 0.3) is 11.1 Å². The summed E-state index contributed by atoms with van der Waals surface area (Å²) in [5.74, 6) is 1.12. The SMILES string of the molecule is COc1ccc(CNC(=O)c2cc3occc3n2Cc2ccc(C)cc2)cc1OC. The summed E-state index contributed by atoms with van der Waals surface area (Å²) in [5, 5.41) is 2.99. The van der Waals surface area contributed by atoms with Crippen LogP contribution in [-0.4, -0.2) is 24.7 Å². The second kappa shape index (κ2) is 8.37. The number of hydrogen-bond donors (Lipinski definition) is 1. The first-order valence-electron chi connectivity index (χ1n) is 9.70. The van der Waals surface area contributed by atoms with E-state index in [1.807, 2.05) is 28.8 Å². The molecule has 0 saturated heterocycles. The molecular formula is C24H24N2O4. The van der Waals surface area contributed by atoms with E-state index in [9.17, 15) is 4.79 Å². The van der Waals surface area contributed by atoms with E-state index in [0.717, 1.165) is 16.6 Å². The number of methoxy groups -OCH3 is 2. The maximum atomic E-state index is 13.0. The van der Waals surface area contributed by atoms with Crippen LogP contribution in [0.3, 0.4) is 0 Å². The largest absolute Gasteiger partial charge is 0.493 e. The number of aryl methyl sites for hydroxylation is 1. The zero-order valence-electron chi connectivity index (χ0n) is 17.3. The quantitative estimate of drug-likeness (QED) is 0.491. The molecule has 154 valence electrons. The topological polar surface area (TPSA) is 65.6 Å². The molecule has 0 bridgehead atoms. The average Bonchev–Trinajstić information content (AvgIpc) is 3.36. The number of aromatic nitrogens is 1. The van der Waals surface area contributed by atoms with Crippen LogP contribution in [0.15, 0.2) is 65.3 Å². The third kappa shape index (κ3) is 3.89. The molecule has 2 heterocycles. The van der Waals surface area contributed by atoms with E-state index in [0.29, 0.717) is 35.9 Å². The Kier molecular flexibility index (Phi) is 5.48. The number of furan rings is 1. The van der Waals surface area contributed by atoms with Gasteiger partial charge in [0.15, 0.2) is 17.1 Å². The summed E-state index contributed by atoms with van der Waals surface area (Å²) < 4.78 is 18.1. The van der Waals surface area contributed by atoms with Crippen molar-refractivity contribution in [2.75, 3.05) is 14.2 Å². The third-order valence-corrected chi connectivity index (χ3v) is 5.12. The number of fused-ring (bicyclic) bond motifs is 1. The van der Waals surface area contributed by atoms with Gasteiger partial charge in [-0.3, -0.25) is 4.79 Å². The zero-order valence-corrected chi connectivity index (χ0v) is 17.3. The van der Waals surface area contributed by atoms with Crippen LogP contribution in [0, 0.1) is 6.92 Å². The minimum absolute atomic E-state index is 0.164. The van der Waals surface area contributed by atoms with Gasteiger partial charge in [0, 0.05) is 25.2 Å². The summed E-state index contributed by atoms with van der Waals surface area (Å²) in [7, 11) is 3.18. The highest BCUT2D eigenvalue weighted by Crippen LogP contribution is 2.27. The second-order valence-corrected chi connectivity index (χ2v) is 7.14. The van der Waals surface area contributed by atoms with Crippen molar-refractivity contribution < 1.29 is 18.7 Å². The van der Waals surface area contributed by atoms with Crippen LogP contribution in [0.5, 0.6) is 11.5 Å². The van der Waals surface area contributed by atoms with Crippen molar-refractivity contribution in [1.82, 2.24) is 9.88 Å². The van der Waals surface area contributed by atoms with Crippen LogP contribution >= 0.6 is 0 Å². The molecule has 2 aromatic heterocycles. The van der Waals surface area contributed by atoms with Crippen LogP contribution in [0.2, 0.25) is 0 Å². The maximum absolute atomic E-state index is 13.0. The van der Waals surface area contributed by atoms with Gasteiger partial charge < -0.3 is 23.8 Å². The van der Waals surface area contributed by atoms with Crippen molar-refractivity contribution in [3.05, 3.63) is 83.2 Å². The highest BCUT2D eigenvalue weighted by molar-refractivity contribution is 5.97. The molecule has 30 heavy (non-hydrogen) atoms. The van der Waals surface area contributed by atoms with Crippen molar-refractivity contribution in [2.45, 2.75) is 20.0 Å². The molecule has 6 nitrogen and oxygen atoms in total. The number of nitrogens with one attached hydrogen (secondary N) is 1. The molecule has 4 aromatic rings. The Morgan fingerprint density at radius 2 is 1.70 bits per heavy atom. The summed E-state index contributed by atoms with van der Waals surface area (Å²) in [6.07, 6.45) is 1.64. The van der Waals surface area contributed by atoms with Gasteiger partial charge in [-0.15, -0.1) is 0 Å². The van der Waals surface area contributed by atoms with E-state index in [-0.39, 0.29) is 5.91 Å². The molecule has 0 aliphatic rings. The number of carbonyl (C=O) groups excluding carboxylic acids is 1. The molecule has 1 amide bonds. The first kappa shape index (κ1) is 19.6. The lowest BCUT2D eigenvalue weighted by molar-refractivity contribution is 0.0942. The lowest BCUT2D eigenvalue weighted by atomic mass is 10.1. The molecule has 0 aliphatic carbocycles. The molecule has 0 radical (unpaired) electrons. The van der Waals surface area contributed by atoms with Gasteiger partial charge in [-0.05, 0) is 30.2 Å². The zero-order chi connectivity index (χ0) is 21.1. The van der Waals surface area contributed by atoms with E-state index in [2.05, 4.69) is 36.5 Å². The molecule has 6 heteroatoms. The van der Waals surface area contributed by atoms with Crippen molar-refractivity contribution in [3.63, 3.8) is 0 Å². The average molecular weight is 404 g/mol. The van der Waals surface area contributed by atoms with Crippen LogP contribution in [0.4, 0.5) is 0 Å². The van der Waals surface area contributed by atoms with Gasteiger partial charge in [-0.1, -0.05) is 35.9 Å². The van der Waals surface area contributed by atoms with E-state index < -0.39 is 0 Å². The van der Waals surface area contributed by atoms with Crippen LogP contribution in [-0.2, 0) is 13.1 Å². The number of rotatable bonds is 7. The molecule has 1 N–H and O–H groups in total. The molecule has 0 atom stereocenters. The Labute approximate surface area is 175 Å². The number of benzene rings is 2. The Balaban J connectivity index is 1.56. The van der Waals surface area contributed by atoms with Crippen molar-refractivity contribution in [1.29, 1.82) is 0 Å². The first-order valence-corrected chi connectivity index (χ1v) is 9.70. The molecule has 4 rings (SSSR count). The standard InChI is InChI=1S/C24H24N2O4/c1-16-4-6-17(7-5-16)15-26-19-10-11-30-22(19)13-20(26)24(27)25-14-18-8-9-21(28-2)23(12-18)29-3/h4-13H,14-15H2,1-3H3,(H,25,27). The normalized spacial score (nSPS) is 10.9. The Bertz CT molecular complexity index is 1170. The monoisotopic (exact) mass is 404 g/mol. The number of ether oxygens (including phenoxy) is 2. The number of carbonyl (C=O) groups is 1.